The Labute approximate surface area is 191 Å². The first-order valence-electron chi connectivity index (χ1n) is 11.4. The van der Waals surface area contributed by atoms with Gasteiger partial charge in [0.25, 0.3) is 0 Å². The SMILES string of the molecule is [B]c1c2nc(c(C)c3ccc([nH]3)c([B])c3nc(c(C)c4ccc1[nH]4)CCCCCC3)C=C2. The summed E-state index contributed by atoms with van der Waals surface area (Å²) in [5, 5.41) is 0. The molecule has 3 aromatic rings. The highest BCUT2D eigenvalue weighted by Crippen LogP contribution is 2.20. The van der Waals surface area contributed by atoms with Crippen molar-refractivity contribution in [3.05, 3.63) is 58.2 Å². The molecule has 0 unspecified atom stereocenters. The van der Waals surface area contributed by atoms with E-state index in [4.69, 9.17) is 25.7 Å². The molecule has 5 rings (SSSR count). The Morgan fingerprint density at radius 3 is 1.91 bits per heavy atom. The molecule has 0 amide bonds. The van der Waals surface area contributed by atoms with E-state index in [0.717, 1.165) is 87.1 Å². The van der Waals surface area contributed by atoms with Crippen LogP contribution in [0.4, 0.5) is 0 Å². The van der Waals surface area contributed by atoms with Gasteiger partial charge in [0.05, 0.1) is 11.4 Å². The van der Waals surface area contributed by atoms with E-state index < -0.39 is 0 Å². The van der Waals surface area contributed by atoms with E-state index in [9.17, 15) is 0 Å². The van der Waals surface area contributed by atoms with Gasteiger partial charge in [-0.15, -0.1) is 0 Å². The van der Waals surface area contributed by atoms with Crippen LogP contribution in [0.1, 0.15) is 59.6 Å². The summed E-state index contributed by atoms with van der Waals surface area (Å²) >= 11 is 0. The summed E-state index contributed by atoms with van der Waals surface area (Å²) in [4.78, 5) is 16.9. The molecule has 2 aliphatic rings. The molecule has 156 valence electrons. The van der Waals surface area contributed by atoms with Gasteiger partial charge in [0.2, 0.25) is 0 Å². The minimum atomic E-state index is 0.642. The van der Waals surface area contributed by atoms with Crippen molar-refractivity contribution in [1.82, 2.24) is 19.9 Å². The maximum atomic E-state index is 6.69. The first kappa shape index (κ1) is 20.9. The number of hydrogen-bond donors (Lipinski definition) is 2. The highest BCUT2D eigenvalue weighted by molar-refractivity contribution is 6.38. The van der Waals surface area contributed by atoms with Gasteiger partial charge in [-0.05, 0) is 92.5 Å². The number of H-pyrrole nitrogens is 2. The maximum Gasteiger partial charge on any atom is 0.119 e. The molecule has 32 heavy (non-hydrogen) atoms. The third kappa shape index (κ3) is 3.83. The Morgan fingerprint density at radius 1 is 0.625 bits per heavy atom. The van der Waals surface area contributed by atoms with Crippen molar-refractivity contribution in [2.75, 3.05) is 0 Å². The van der Waals surface area contributed by atoms with Gasteiger partial charge in [0, 0.05) is 33.5 Å². The van der Waals surface area contributed by atoms with Crippen LogP contribution in [0.15, 0.2) is 24.3 Å². The molecule has 4 radical (unpaired) electrons. The second-order valence-electron chi connectivity index (χ2n) is 8.78. The zero-order chi connectivity index (χ0) is 22.2. The minimum Gasteiger partial charge on any atom is -0.356 e. The van der Waals surface area contributed by atoms with Gasteiger partial charge >= 0.3 is 0 Å². The largest absolute Gasteiger partial charge is 0.356 e. The van der Waals surface area contributed by atoms with Gasteiger partial charge in [0.1, 0.15) is 15.7 Å². The summed E-state index contributed by atoms with van der Waals surface area (Å²) in [6.07, 6.45) is 10.4. The van der Waals surface area contributed by atoms with Crippen LogP contribution in [0.5, 0.6) is 0 Å². The highest BCUT2D eigenvalue weighted by atomic mass is 14.8. The summed E-state index contributed by atoms with van der Waals surface area (Å²) in [5.74, 6) is 0. The molecule has 0 aromatic carbocycles. The molecule has 4 nitrogen and oxygen atoms in total. The molecule has 6 heteroatoms. The lowest BCUT2D eigenvalue weighted by atomic mass is 9.91. The zero-order valence-electron chi connectivity index (χ0n) is 18.8. The van der Waals surface area contributed by atoms with E-state index in [2.05, 4.69) is 35.9 Å². The number of rotatable bonds is 0. The molecule has 0 aliphatic carbocycles. The smallest absolute Gasteiger partial charge is 0.119 e. The Hall–Kier alpha value is -3.01. The van der Waals surface area contributed by atoms with Crippen molar-refractivity contribution >= 4 is 60.8 Å². The van der Waals surface area contributed by atoms with Crippen molar-refractivity contribution < 1.29 is 0 Å². The lowest BCUT2D eigenvalue weighted by Crippen LogP contribution is -2.13. The minimum absolute atomic E-state index is 0.642. The van der Waals surface area contributed by atoms with E-state index in [1.54, 1.807) is 0 Å². The molecule has 2 aliphatic heterocycles. The average molecular weight is 416 g/mol. The second-order valence-corrected chi connectivity index (χ2v) is 8.78. The third-order valence-corrected chi connectivity index (χ3v) is 6.65. The van der Waals surface area contributed by atoms with Crippen molar-refractivity contribution in [3.63, 3.8) is 0 Å². The average Bonchev–Trinajstić information content (AvgIpc) is 3.57. The fraction of sp³-hybridized carbons (Fsp3) is 0.308. The Morgan fingerprint density at radius 2 is 1.19 bits per heavy atom. The lowest BCUT2D eigenvalue weighted by Gasteiger charge is -2.06. The molecule has 0 atom stereocenters. The van der Waals surface area contributed by atoms with Gasteiger partial charge in [0.15, 0.2) is 0 Å². The molecular weight excluding hydrogens is 390 g/mol. The summed E-state index contributed by atoms with van der Waals surface area (Å²) in [6.45, 7) is 4.19. The molecule has 0 spiro atoms. The van der Waals surface area contributed by atoms with E-state index in [-0.39, 0.29) is 0 Å². The fourth-order valence-corrected chi connectivity index (χ4v) is 4.53. The van der Waals surface area contributed by atoms with Crippen LogP contribution in [0.25, 0.3) is 34.2 Å². The predicted octanol–water partition coefficient (Wildman–Crippen LogP) is 4.04. The molecule has 5 heterocycles. The standard InChI is InChI=1S/C26H26B2N4/c1-15-17-7-5-3-4-6-8-21(29-17)25(27)22-12-10-19(31-22)16(2)20-11-14-24(32-20)26(28)23-13-9-18(15)30-23/h9-14,30-31H,3-8H2,1-2H3. The monoisotopic (exact) mass is 416 g/mol. The van der Waals surface area contributed by atoms with Crippen LogP contribution in [-0.4, -0.2) is 35.6 Å². The zero-order valence-corrected chi connectivity index (χ0v) is 18.8. The van der Waals surface area contributed by atoms with Crippen molar-refractivity contribution in [2.45, 2.75) is 52.4 Å². The molecule has 0 saturated heterocycles. The first-order valence-corrected chi connectivity index (χ1v) is 11.4. The summed E-state index contributed by atoms with van der Waals surface area (Å²) in [7, 11) is 13.2. The first-order chi connectivity index (χ1) is 15.5. The number of aromatic nitrogens is 4. The molecule has 8 bridgehead atoms. The number of nitrogens with one attached hydrogen (secondary N) is 2. The van der Waals surface area contributed by atoms with E-state index >= 15 is 0 Å². The van der Waals surface area contributed by atoms with Crippen LogP contribution < -0.4 is 10.9 Å². The topological polar surface area (TPSA) is 57.4 Å². The fourth-order valence-electron chi connectivity index (χ4n) is 4.53. The van der Waals surface area contributed by atoms with Crippen LogP contribution in [-0.2, 0) is 12.8 Å². The highest BCUT2D eigenvalue weighted by Gasteiger charge is 2.11. The van der Waals surface area contributed by atoms with E-state index in [1.807, 2.05) is 24.3 Å². The second kappa shape index (κ2) is 8.50. The van der Waals surface area contributed by atoms with Crippen molar-refractivity contribution in [3.8, 4) is 0 Å². The molecule has 0 saturated carbocycles. The number of nitrogens with zero attached hydrogens (tertiary/aromatic N) is 2. The van der Waals surface area contributed by atoms with Crippen LogP contribution >= 0.6 is 0 Å². The molecule has 0 fully saturated rings. The predicted molar refractivity (Wildman–Crippen MR) is 136 cm³/mol. The van der Waals surface area contributed by atoms with Crippen molar-refractivity contribution in [1.29, 1.82) is 0 Å². The molecule has 3 aromatic heterocycles. The number of hydrogen-bond acceptors (Lipinski definition) is 2. The van der Waals surface area contributed by atoms with Gasteiger partial charge in [-0.2, -0.15) is 0 Å². The normalized spacial score (nSPS) is 14.6. The summed E-state index contributed by atoms with van der Waals surface area (Å²) in [6, 6.07) is 8.20. The summed E-state index contributed by atoms with van der Waals surface area (Å²) < 4.78 is 0. The van der Waals surface area contributed by atoms with Crippen LogP contribution in [0.2, 0.25) is 0 Å². The third-order valence-electron chi connectivity index (χ3n) is 6.65. The Kier molecular flexibility index (Phi) is 5.54. The van der Waals surface area contributed by atoms with Gasteiger partial charge in [-0.25, -0.2) is 4.98 Å². The number of fused-ring (bicyclic) bond motifs is 8. The number of aryl methyl sites for hydroxylation is 4. The summed E-state index contributed by atoms with van der Waals surface area (Å²) in [5.41, 5.74) is 11.1. The lowest BCUT2D eigenvalue weighted by molar-refractivity contribution is 0.648. The van der Waals surface area contributed by atoms with Gasteiger partial charge < -0.3 is 9.97 Å². The Bertz CT molecular complexity index is 1280. The van der Waals surface area contributed by atoms with Crippen LogP contribution in [0, 0.1) is 13.8 Å². The van der Waals surface area contributed by atoms with E-state index in [1.165, 1.54) is 12.8 Å². The van der Waals surface area contributed by atoms with Crippen LogP contribution in [0.3, 0.4) is 0 Å². The quantitative estimate of drug-likeness (QED) is 0.426. The maximum absolute atomic E-state index is 6.69. The van der Waals surface area contributed by atoms with Gasteiger partial charge in [-0.1, -0.05) is 18.3 Å². The number of aromatic amines is 2. The van der Waals surface area contributed by atoms with Crippen molar-refractivity contribution in [2.24, 2.45) is 0 Å². The van der Waals surface area contributed by atoms with E-state index in [0.29, 0.717) is 5.46 Å². The molecular formula is C26H26B2N4. The molecule has 2 N–H and O–H groups in total. The van der Waals surface area contributed by atoms with Gasteiger partial charge in [-0.3, -0.25) is 4.98 Å². The Balaban J connectivity index is 1.93.